The Morgan fingerprint density at radius 2 is 1.77 bits per heavy atom. The average Bonchev–Trinajstić information content (AvgIpc) is 2.72. The molecular weight excluding hydrogens is 435 g/mol. The standard InChI is InChI=1S/C20H16F3N3O4S/c1-2-14-11-17(27)26-18(24-14)13-4-3-5-15(10-13)25-19(28)12-6-8-16(9-7-12)31(29,30)20(21,22)23/h3-11H,2H2,1H3,(H,25,28)(H,24,26,27). The molecule has 0 radical (unpaired) electrons. The summed E-state index contributed by atoms with van der Waals surface area (Å²) in [5, 5.41) is 2.57. The third-order valence-corrected chi connectivity index (χ3v) is 5.78. The molecule has 3 rings (SSSR count). The van der Waals surface area contributed by atoms with Gasteiger partial charge in [0.05, 0.1) is 4.90 Å². The van der Waals surface area contributed by atoms with Crippen molar-refractivity contribution in [3.05, 3.63) is 76.2 Å². The molecule has 2 N–H and O–H groups in total. The number of hydrogen-bond donors (Lipinski definition) is 2. The molecule has 162 valence electrons. The Morgan fingerprint density at radius 3 is 2.39 bits per heavy atom. The van der Waals surface area contributed by atoms with Crippen molar-refractivity contribution in [3.8, 4) is 11.4 Å². The lowest BCUT2D eigenvalue weighted by Crippen LogP contribution is -2.23. The van der Waals surface area contributed by atoms with E-state index < -0.39 is 26.1 Å². The Morgan fingerprint density at radius 1 is 1.10 bits per heavy atom. The fraction of sp³-hybridized carbons (Fsp3) is 0.150. The highest BCUT2D eigenvalue weighted by Gasteiger charge is 2.46. The number of aromatic nitrogens is 2. The molecule has 0 bridgehead atoms. The maximum absolute atomic E-state index is 12.6. The minimum Gasteiger partial charge on any atom is -0.322 e. The minimum absolute atomic E-state index is 0.0361. The van der Waals surface area contributed by atoms with Crippen molar-refractivity contribution in [2.24, 2.45) is 0 Å². The molecule has 31 heavy (non-hydrogen) atoms. The van der Waals surface area contributed by atoms with Crippen molar-refractivity contribution in [2.75, 3.05) is 5.32 Å². The fourth-order valence-corrected chi connectivity index (χ4v) is 3.45. The number of benzene rings is 2. The Balaban J connectivity index is 1.83. The zero-order valence-electron chi connectivity index (χ0n) is 16.0. The number of nitrogens with one attached hydrogen (secondary N) is 2. The molecule has 0 spiro atoms. The second-order valence-corrected chi connectivity index (χ2v) is 8.39. The van der Waals surface area contributed by atoms with Gasteiger partial charge in [0.2, 0.25) is 0 Å². The number of anilines is 1. The van der Waals surface area contributed by atoms with Gasteiger partial charge in [-0.25, -0.2) is 13.4 Å². The predicted octanol–water partition coefficient (Wildman–Crippen LogP) is 3.55. The molecule has 11 heteroatoms. The largest absolute Gasteiger partial charge is 0.501 e. The summed E-state index contributed by atoms with van der Waals surface area (Å²) >= 11 is 0. The molecule has 0 saturated heterocycles. The van der Waals surface area contributed by atoms with Crippen molar-refractivity contribution >= 4 is 21.4 Å². The van der Waals surface area contributed by atoms with Crippen molar-refractivity contribution < 1.29 is 26.4 Å². The topological polar surface area (TPSA) is 109 Å². The van der Waals surface area contributed by atoms with E-state index in [0.29, 0.717) is 29.2 Å². The normalized spacial score (nSPS) is 11.9. The summed E-state index contributed by atoms with van der Waals surface area (Å²) in [4.78, 5) is 30.2. The maximum atomic E-state index is 12.6. The van der Waals surface area contributed by atoms with E-state index in [1.807, 2.05) is 6.92 Å². The number of rotatable bonds is 5. The van der Waals surface area contributed by atoms with Gasteiger partial charge in [-0.1, -0.05) is 19.1 Å². The van der Waals surface area contributed by atoms with Gasteiger partial charge in [0.25, 0.3) is 21.3 Å². The number of aryl methyl sites for hydroxylation is 1. The van der Waals surface area contributed by atoms with Crippen LogP contribution in [-0.4, -0.2) is 29.8 Å². The van der Waals surface area contributed by atoms with E-state index in [1.165, 1.54) is 6.07 Å². The molecule has 0 atom stereocenters. The van der Waals surface area contributed by atoms with Gasteiger partial charge in [0.15, 0.2) is 0 Å². The van der Waals surface area contributed by atoms with Gasteiger partial charge in [0.1, 0.15) is 5.82 Å². The van der Waals surface area contributed by atoms with Gasteiger partial charge in [-0.05, 0) is 42.8 Å². The Labute approximate surface area is 174 Å². The number of carbonyl (C=O) groups excluding carboxylic acids is 1. The van der Waals surface area contributed by atoms with Crippen molar-refractivity contribution in [2.45, 2.75) is 23.7 Å². The van der Waals surface area contributed by atoms with E-state index in [1.54, 1.807) is 24.3 Å². The van der Waals surface area contributed by atoms with Crippen LogP contribution >= 0.6 is 0 Å². The Kier molecular flexibility index (Phi) is 5.98. The quantitative estimate of drug-likeness (QED) is 0.617. The fourth-order valence-electron chi connectivity index (χ4n) is 2.69. The van der Waals surface area contributed by atoms with Crippen LogP contribution in [0.5, 0.6) is 0 Å². The van der Waals surface area contributed by atoms with E-state index in [4.69, 9.17) is 0 Å². The van der Waals surface area contributed by atoms with Crippen LogP contribution in [0.1, 0.15) is 23.0 Å². The van der Waals surface area contributed by atoms with Gasteiger partial charge >= 0.3 is 5.51 Å². The van der Waals surface area contributed by atoms with Gasteiger partial charge in [-0.15, -0.1) is 0 Å². The third kappa shape index (κ3) is 4.82. The monoisotopic (exact) mass is 451 g/mol. The molecule has 0 fully saturated rings. The number of alkyl halides is 3. The van der Waals surface area contributed by atoms with E-state index in [9.17, 15) is 31.2 Å². The number of nitrogens with zero attached hydrogens (tertiary/aromatic N) is 1. The SMILES string of the molecule is CCc1cc(=O)[nH]c(-c2cccc(NC(=O)c3ccc(S(=O)(=O)C(F)(F)F)cc3)c2)n1. The first-order valence-corrected chi connectivity index (χ1v) is 10.4. The molecule has 3 aromatic rings. The van der Waals surface area contributed by atoms with Crippen molar-refractivity contribution in [1.29, 1.82) is 0 Å². The second kappa shape index (κ2) is 8.34. The average molecular weight is 451 g/mol. The summed E-state index contributed by atoms with van der Waals surface area (Å²) in [5.41, 5.74) is -4.30. The first kappa shape index (κ1) is 22.2. The number of sulfone groups is 1. The molecule has 0 aliphatic rings. The summed E-state index contributed by atoms with van der Waals surface area (Å²) in [5.74, 6) is -0.334. The molecule has 0 aliphatic heterocycles. The third-order valence-electron chi connectivity index (χ3n) is 4.28. The lowest BCUT2D eigenvalue weighted by atomic mass is 10.1. The molecule has 2 aromatic carbocycles. The van der Waals surface area contributed by atoms with Crippen LogP contribution < -0.4 is 10.9 Å². The summed E-state index contributed by atoms with van der Waals surface area (Å²) in [6, 6.07) is 11.3. The first-order valence-electron chi connectivity index (χ1n) is 8.94. The Bertz CT molecular complexity index is 1280. The van der Waals surface area contributed by atoms with E-state index >= 15 is 0 Å². The number of halogens is 3. The summed E-state index contributed by atoms with van der Waals surface area (Å²) in [7, 11) is -5.49. The predicted molar refractivity (Wildman–Crippen MR) is 107 cm³/mol. The first-order chi connectivity index (χ1) is 14.5. The minimum atomic E-state index is -5.49. The van der Waals surface area contributed by atoms with Gasteiger partial charge in [0, 0.05) is 28.6 Å². The smallest absolute Gasteiger partial charge is 0.322 e. The van der Waals surface area contributed by atoms with E-state index in [-0.39, 0.29) is 11.1 Å². The summed E-state index contributed by atoms with van der Waals surface area (Å²) in [6.45, 7) is 1.85. The lowest BCUT2D eigenvalue weighted by Gasteiger charge is -2.10. The molecule has 0 unspecified atom stereocenters. The maximum Gasteiger partial charge on any atom is 0.501 e. The van der Waals surface area contributed by atoms with Crippen LogP contribution in [0, 0.1) is 0 Å². The number of amides is 1. The molecule has 7 nitrogen and oxygen atoms in total. The zero-order valence-corrected chi connectivity index (χ0v) is 16.8. The lowest BCUT2D eigenvalue weighted by molar-refractivity contribution is -0.0436. The van der Waals surface area contributed by atoms with Crippen LogP contribution in [0.25, 0.3) is 11.4 Å². The van der Waals surface area contributed by atoms with Crippen LogP contribution in [-0.2, 0) is 16.3 Å². The van der Waals surface area contributed by atoms with Crippen LogP contribution in [0.3, 0.4) is 0 Å². The van der Waals surface area contributed by atoms with Crippen LogP contribution in [0.2, 0.25) is 0 Å². The molecule has 1 aromatic heterocycles. The second-order valence-electron chi connectivity index (χ2n) is 6.45. The number of H-pyrrole nitrogens is 1. The van der Waals surface area contributed by atoms with Crippen molar-refractivity contribution in [1.82, 2.24) is 9.97 Å². The van der Waals surface area contributed by atoms with Crippen LogP contribution in [0.4, 0.5) is 18.9 Å². The highest BCUT2D eigenvalue weighted by atomic mass is 32.2. The highest BCUT2D eigenvalue weighted by molar-refractivity contribution is 7.92. The van der Waals surface area contributed by atoms with Crippen LogP contribution in [0.15, 0.2) is 64.3 Å². The Hall–Kier alpha value is -3.47. The highest BCUT2D eigenvalue weighted by Crippen LogP contribution is 2.30. The molecular formula is C20H16F3N3O4S. The van der Waals surface area contributed by atoms with Gasteiger partial charge < -0.3 is 10.3 Å². The molecule has 1 amide bonds. The molecule has 0 saturated carbocycles. The van der Waals surface area contributed by atoms with Crippen molar-refractivity contribution in [3.63, 3.8) is 0 Å². The number of hydrogen-bond acceptors (Lipinski definition) is 5. The number of aromatic amines is 1. The zero-order chi connectivity index (χ0) is 22.8. The summed E-state index contributed by atoms with van der Waals surface area (Å²) < 4.78 is 60.7. The number of carbonyl (C=O) groups is 1. The molecule has 1 heterocycles. The molecule has 0 aliphatic carbocycles. The van der Waals surface area contributed by atoms with E-state index in [0.717, 1.165) is 24.3 Å². The van der Waals surface area contributed by atoms with Gasteiger partial charge in [-0.2, -0.15) is 13.2 Å². The van der Waals surface area contributed by atoms with Gasteiger partial charge in [-0.3, -0.25) is 9.59 Å². The van der Waals surface area contributed by atoms with E-state index in [2.05, 4.69) is 15.3 Å². The summed E-state index contributed by atoms with van der Waals surface area (Å²) in [6.07, 6.45) is 0.563.